The van der Waals surface area contributed by atoms with Gasteiger partial charge in [0.05, 0.1) is 36.4 Å². The van der Waals surface area contributed by atoms with E-state index in [1.165, 1.54) is 0 Å². The maximum Gasteiger partial charge on any atom is 0.257 e. The normalized spacial score (nSPS) is 10.8. The van der Waals surface area contributed by atoms with Gasteiger partial charge in [-0.2, -0.15) is 5.10 Å². The van der Waals surface area contributed by atoms with Gasteiger partial charge in [0.15, 0.2) is 0 Å². The lowest BCUT2D eigenvalue weighted by molar-refractivity contribution is 0.102. The monoisotopic (exact) mass is 346 g/mol. The van der Waals surface area contributed by atoms with Gasteiger partial charge in [-0.15, -0.1) is 0 Å². The summed E-state index contributed by atoms with van der Waals surface area (Å²) in [6.07, 6.45) is 5.26. The summed E-state index contributed by atoms with van der Waals surface area (Å²) in [7, 11) is 3.56. The first-order valence-corrected chi connectivity index (χ1v) is 8.20. The molecule has 1 N–H and O–H groups in total. The summed E-state index contributed by atoms with van der Waals surface area (Å²) in [5.74, 6) is 0.626. The van der Waals surface area contributed by atoms with Crippen molar-refractivity contribution in [2.45, 2.75) is 0 Å². The summed E-state index contributed by atoms with van der Waals surface area (Å²) in [4.78, 5) is 12.7. The number of hydrogen-bond donors (Lipinski definition) is 1. The molecule has 0 aliphatic heterocycles. The Bertz CT molecular complexity index is 1080. The van der Waals surface area contributed by atoms with Crippen molar-refractivity contribution in [2.75, 3.05) is 12.4 Å². The fourth-order valence-corrected chi connectivity index (χ4v) is 2.98. The van der Waals surface area contributed by atoms with Crippen molar-refractivity contribution in [3.8, 4) is 11.4 Å². The number of aromatic nitrogens is 3. The van der Waals surface area contributed by atoms with Gasteiger partial charge < -0.3 is 14.6 Å². The Labute approximate surface area is 150 Å². The van der Waals surface area contributed by atoms with E-state index in [1.54, 1.807) is 24.2 Å². The van der Waals surface area contributed by atoms with Crippen molar-refractivity contribution in [1.82, 2.24) is 14.3 Å². The summed E-state index contributed by atoms with van der Waals surface area (Å²) >= 11 is 0. The van der Waals surface area contributed by atoms with E-state index in [4.69, 9.17) is 4.74 Å². The highest BCUT2D eigenvalue weighted by Gasteiger charge is 2.14. The minimum absolute atomic E-state index is 0.156. The van der Waals surface area contributed by atoms with Crippen LogP contribution in [0.25, 0.3) is 16.6 Å². The Balaban J connectivity index is 1.57. The van der Waals surface area contributed by atoms with Gasteiger partial charge in [0.2, 0.25) is 0 Å². The van der Waals surface area contributed by atoms with Crippen LogP contribution in [0.1, 0.15) is 10.4 Å². The predicted octanol–water partition coefficient (Wildman–Crippen LogP) is 3.62. The number of amides is 1. The van der Waals surface area contributed by atoms with Gasteiger partial charge in [-0.05, 0) is 30.3 Å². The Morgan fingerprint density at radius 3 is 2.62 bits per heavy atom. The number of hydrogen-bond acceptors (Lipinski definition) is 3. The molecule has 4 aromatic rings. The van der Waals surface area contributed by atoms with Crippen LogP contribution in [0.5, 0.6) is 5.75 Å². The highest BCUT2D eigenvalue weighted by Crippen LogP contribution is 2.22. The number of nitrogens with one attached hydrogen (secondary N) is 1. The van der Waals surface area contributed by atoms with Crippen molar-refractivity contribution < 1.29 is 9.53 Å². The highest BCUT2D eigenvalue weighted by molar-refractivity contribution is 6.12. The second kappa shape index (κ2) is 6.40. The van der Waals surface area contributed by atoms with Gasteiger partial charge in [-0.1, -0.05) is 18.2 Å². The Morgan fingerprint density at radius 2 is 1.85 bits per heavy atom. The third-order valence-corrected chi connectivity index (χ3v) is 4.32. The molecule has 0 bridgehead atoms. The number of nitrogens with zero attached hydrogens (tertiary/aromatic N) is 3. The second-order valence-electron chi connectivity index (χ2n) is 6.00. The molecule has 6 heteroatoms. The van der Waals surface area contributed by atoms with E-state index in [0.717, 1.165) is 22.3 Å². The molecule has 2 aromatic heterocycles. The van der Waals surface area contributed by atoms with E-state index in [9.17, 15) is 4.79 Å². The number of methoxy groups -OCH3 is 1. The summed E-state index contributed by atoms with van der Waals surface area (Å²) in [5.41, 5.74) is 3.18. The van der Waals surface area contributed by atoms with Crippen LogP contribution in [0.2, 0.25) is 0 Å². The average molecular weight is 346 g/mol. The van der Waals surface area contributed by atoms with Crippen molar-refractivity contribution >= 4 is 22.5 Å². The zero-order valence-corrected chi connectivity index (χ0v) is 14.5. The van der Waals surface area contributed by atoms with E-state index < -0.39 is 0 Å². The maximum atomic E-state index is 12.7. The number of benzene rings is 2. The topological polar surface area (TPSA) is 61.1 Å². The lowest BCUT2D eigenvalue weighted by Gasteiger charge is -2.03. The second-order valence-corrected chi connectivity index (χ2v) is 6.00. The van der Waals surface area contributed by atoms with E-state index >= 15 is 0 Å². The maximum absolute atomic E-state index is 12.7. The molecule has 2 aromatic carbocycles. The first-order chi connectivity index (χ1) is 12.7. The van der Waals surface area contributed by atoms with Crippen LogP contribution >= 0.6 is 0 Å². The quantitative estimate of drug-likeness (QED) is 0.614. The van der Waals surface area contributed by atoms with Crippen molar-refractivity contribution in [3.05, 3.63) is 72.7 Å². The first-order valence-electron chi connectivity index (χ1n) is 8.20. The molecule has 0 saturated carbocycles. The average Bonchev–Trinajstić information content (AvgIpc) is 3.27. The molecule has 1 amide bonds. The van der Waals surface area contributed by atoms with Crippen LogP contribution in [0.15, 0.2) is 67.1 Å². The smallest absolute Gasteiger partial charge is 0.257 e. The molecule has 2 heterocycles. The SMILES string of the molecule is COc1ccc(-n2cc(NC(=O)c3cn(C)c4ccccc34)cn2)cc1. The molecule has 130 valence electrons. The molecule has 0 unspecified atom stereocenters. The predicted molar refractivity (Wildman–Crippen MR) is 101 cm³/mol. The highest BCUT2D eigenvalue weighted by atomic mass is 16.5. The molecule has 26 heavy (non-hydrogen) atoms. The fraction of sp³-hybridized carbons (Fsp3) is 0.100. The van der Waals surface area contributed by atoms with Crippen LogP contribution in [0, 0.1) is 0 Å². The Hall–Kier alpha value is -3.54. The Kier molecular flexibility index (Phi) is 3.93. The largest absolute Gasteiger partial charge is 0.497 e. The van der Waals surface area contributed by atoms with Crippen molar-refractivity contribution in [1.29, 1.82) is 0 Å². The molecule has 6 nitrogen and oxygen atoms in total. The number of fused-ring (bicyclic) bond motifs is 1. The van der Waals surface area contributed by atoms with Crippen LogP contribution in [-0.4, -0.2) is 27.4 Å². The zero-order valence-electron chi connectivity index (χ0n) is 14.5. The molecule has 0 spiro atoms. The van der Waals surface area contributed by atoms with Gasteiger partial charge in [0.1, 0.15) is 5.75 Å². The number of anilines is 1. The minimum Gasteiger partial charge on any atom is -0.497 e. The van der Waals surface area contributed by atoms with E-state index in [0.29, 0.717) is 11.3 Å². The summed E-state index contributed by atoms with van der Waals surface area (Å²) < 4.78 is 8.82. The van der Waals surface area contributed by atoms with Gasteiger partial charge >= 0.3 is 0 Å². The molecular weight excluding hydrogens is 328 g/mol. The van der Waals surface area contributed by atoms with Gasteiger partial charge in [-0.3, -0.25) is 4.79 Å². The van der Waals surface area contributed by atoms with Gasteiger partial charge in [0, 0.05) is 24.1 Å². The molecule has 0 aliphatic rings. The number of aryl methyl sites for hydroxylation is 1. The molecule has 0 saturated heterocycles. The standard InChI is InChI=1S/C20H18N4O2/c1-23-13-18(17-5-3-4-6-19(17)23)20(25)22-14-11-21-24(12-14)15-7-9-16(26-2)10-8-15/h3-13H,1-2H3,(H,22,25). The van der Waals surface area contributed by atoms with Crippen LogP contribution in [0.4, 0.5) is 5.69 Å². The molecule has 0 fully saturated rings. The molecule has 0 aliphatic carbocycles. The minimum atomic E-state index is -0.156. The number of carbonyl (C=O) groups is 1. The van der Waals surface area contributed by atoms with E-state index in [1.807, 2.05) is 66.3 Å². The van der Waals surface area contributed by atoms with E-state index in [2.05, 4.69) is 10.4 Å². The summed E-state index contributed by atoms with van der Waals surface area (Å²) in [6.45, 7) is 0. The Morgan fingerprint density at radius 1 is 1.08 bits per heavy atom. The third kappa shape index (κ3) is 2.82. The summed E-state index contributed by atoms with van der Waals surface area (Å²) in [6, 6.07) is 15.4. The van der Waals surface area contributed by atoms with Crippen LogP contribution in [0.3, 0.4) is 0 Å². The van der Waals surface area contributed by atoms with Gasteiger partial charge in [-0.25, -0.2) is 4.68 Å². The number of ether oxygens (including phenoxy) is 1. The molecular formula is C20H18N4O2. The van der Waals surface area contributed by atoms with Crippen molar-refractivity contribution in [3.63, 3.8) is 0 Å². The molecule has 0 atom stereocenters. The molecule has 0 radical (unpaired) electrons. The first kappa shape index (κ1) is 16.0. The molecule has 4 rings (SSSR count). The van der Waals surface area contributed by atoms with Crippen LogP contribution < -0.4 is 10.1 Å². The number of rotatable bonds is 4. The van der Waals surface area contributed by atoms with E-state index in [-0.39, 0.29) is 5.91 Å². The van der Waals surface area contributed by atoms with Crippen LogP contribution in [-0.2, 0) is 7.05 Å². The zero-order chi connectivity index (χ0) is 18.1. The lowest BCUT2D eigenvalue weighted by Crippen LogP contribution is -2.10. The fourth-order valence-electron chi connectivity index (χ4n) is 2.98. The number of para-hydroxylation sites is 1. The lowest BCUT2D eigenvalue weighted by atomic mass is 10.1. The van der Waals surface area contributed by atoms with Crippen molar-refractivity contribution in [2.24, 2.45) is 7.05 Å². The number of carbonyl (C=O) groups excluding carboxylic acids is 1. The van der Waals surface area contributed by atoms with Gasteiger partial charge in [0.25, 0.3) is 5.91 Å². The third-order valence-electron chi connectivity index (χ3n) is 4.32. The summed E-state index contributed by atoms with van der Waals surface area (Å²) in [5, 5.41) is 8.15.